The van der Waals surface area contributed by atoms with Crippen LogP contribution in [0, 0.1) is 0 Å². The molecule has 0 aliphatic rings. The van der Waals surface area contributed by atoms with Crippen LogP contribution in [0.3, 0.4) is 0 Å². The van der Waals surface area contributed by atoms with Gasteiger partial charge in [-0.3, -0.25) is 0 Å². The van der Waals surface area contributed by atoms with E-state index in [1.54, 1.807) is 10.9 Å². The zero-order valence-electron chi connectivity index (χ0n) is 15.9. The number of nitrogens with one attached hydrogen (secondary N) is 2. The van der Waals surface area contributed by atoms with E-state index in [1.165, 1.54) is 0 Å². The largest absolute Gasteiger partial charge is 0.491 e. The highest BCUT2D eigenvalue weighted by atomic mass is 16.5. The zero-order chi connectivity index (χ0) is 19.9. The van der Waals surface area contributed by atoms with E-state index in [9.17, 15) is 4.79 Å². The van der Waals surface area contributed by atoms with Gasteiger partial charge >= 0.3 is 6.03 Å². The minimum Gasteiger partial charge on any atom is -0.491 e. The number of para-hydroxylation sites is 1. The van der Waals surface area contributed by atoms with E-state index in [0.717, 1.165) is 27.8 Å². The molecule has 4 rings (SSSR count). The second-order valence-corrected chi connectivity index (χ2v) is 6.51. The van der Waals surface area contributed by atoms with E-state index >= 15 is 0 Å². The summed E-state index contributed by atoms with van der Waals surface area (Å²) in [7, 11) is 0. The highest BCUT2D eigenvalue weighted by molar-refractivity contribution is 5.88. The maximum atomic E-state index is 12.1. The quantitative estimate of drug-likeness (QED) is 0.473. The van der Waals surface area contributed by atoms with Gasteiger partial charge in [0.05, 0.1) is 12.2 Å². The van der Waals surface area contributed by atoms with Crippen LogP contribution in [0.4, 0.5) is 4.79 Å². The Morgan fingerprint density at radius 1 is 0.931 bits per heavy atom. The average molecular weight is 386 g/mol. The Hall–Kier alpha value is -3.80. The number of urea groups is 1. The minimum absolute atomic E-state index is 0.234. The van der Waals surface area contributed by atoms with Crippen molar-refractivity contribution in [2.75, 3.05) is 13.2 Å². The molecule has 0 spiro atoms. The number of rotatable bonds is 7. The third-order valence-electron chi connectivity index (χ3n) is 4.58. The molecule has 0 atom stereocenters. The molecule has 2 amide bonds. The highest BCUT2D eigenvalue weighted by Gasteiger charge is 2.07. The van der Waals surface area contributed by atoms with Gasteiger partial charge in [0.2, 0.25) is 0 Å². The number of benzene rings is 3. The van der Waals surface area contributed by atoms with Crippen LogP contribution in [-0.2, 0) is 6.54 Å². The number of nitrogens with zero attached hydrogens (tertiary/aromatic N) is 2. The number of carbonyl (C=O) groups excluding carboxylic acids is 1. The summed E-state index contributed by atoms with van der Waals surface area (Å²) in [5.74, 6) is 0.818. The minimum atomic E-state index is -0.234. The summed E-state index contributed by atoms with van der Waals surface area (Å²) in [6.07, 6.45) is 3.61. The Labute approximate surface area is 169 Å². The monoisotopic (exact) mass is 386 g/mol. The highest BCUT2D eigenvalue weighted by Crippen LogP contribution is 2.24. The SMILES string of the molecule is O=C(NCCOc1cccc2ccccc12)NCc1ccccc1-n1cccn1. The first kappa shape index (κ1) is 18.6. The molecule has 1 aromatic heterocycles. The predicted octanol–water partition coefficient (Wildman–Crippen LogP) is 3.90. The molecule has 3 aromatic carbocycles. The lowest BCUT2D eigenvalue weighted by atomic mass is 10.1. The molecule has 0 aliphatic carbocycles. The molecule has 0 saturated heterocycles. The van der Waals surface area contributed by atoms with Crippen molar-refractivity contribution in [1.29, 1.82) is 0 Å². The Kier molecular flexibility index (Phi) is 5.71. The van der Waals surface area contributed by atoms with Crippen molar-refractivity contribution in [3.63, 3.8) is 0 Å². The third kappa shape index (κ3) is 4.55. The molecule has 29 heavy (non-hydrogen) atoms. The predicted molar refractivity (Wildman–Crippen MR) is 113 cm³/mol. The van der Waals surface area contributed by atoms with Crippen LogP contribution in [-0.4, -0.2) is 29.0 Å². The summed E-state index contributed by atoms with van der Waals surface area (Å²) in [6.45, 7) is 1.22. The van der Waals surface area contributed by atoms with Crippen LogP contribution in [0.25, 0.3) is 16.5 Å². The van der Waals surface area contributed by atoms with E-state index in [1.807, 2.05) is 66.9 Å². The van der Waals surface area contributed by atoms with Gasteiger partial charge in [0.25, 0.3) is 0 Å². The van der Waals surface area contributed by atoms with E-state index < -0.39 is 0 Å². The summed E-state index contributed by atoms with van der Waals surface area (Å²) in [5, 5.41) is 12.2. The van der Waals surface area contributed by atoms with Crippen molar-refractivity contribution in [3.8, 4) is 11.4 Å². The molecule has 2 N–H and O–H groups in total. The smallest absolute Gasteiger partial charge is 0.315 e. The molecule has 0 saturated carbocycles. The van der Waals surface area contributed by atoms with E-state index in [0.29, 0.717) is 19.7 Å². The molecule has 0 radical (unpaired) electrons. The van der Waals surface area contributed by atoms with Crippen LogP contribution in [0.1, 0.15) is 5.56 Å². The first-order chi connectivity index (χ1) is 14.3. The van der Waals surface area contributed by atoms with Crippen molar-refractivity contribution >= 4 is 16.8 Å². The number of fused-ring (bicyclic) bond motifs is 1. The molecular formula is C23H22N4O2. The Bertz CT molecular complexity index is 1090. The standard InChI is InChI=1S/C23H22N4O2/c28-23(25-17-19-8-2-4-11-21(19)27-15-6-13-26-27)24-14-16-29-22-12-5-9-18-7-1-3-10-20(18)22/h1-13,15H,14,16-17H2,(H2,24,25,28). The van der Waals surface area contributed by atoms with Gasteiger partial charge in [0.1, 0.15) is 12.4 Å². The fourth-order valence-corrected chi connectivity index (χ4v) is 3.18. The van der Waals surface area contributed by atoms with Crippen molar-refractivity contribution < 1.29 is 9.53 Å². The molecule has 4 aromatic rings. The van der Waals surface area contributed by atoms with Gasteiger partial charge in [-0.05, 0) is 29.1 Å². The number of carbonyl (C=O) groups is 1. The lowest BCUT2D eigenvalue weighted by Gasteiger charge is -2.12. The van der Waals surface area contributed by atoms with Crippen LogP contribution in [0.5, 0.6) is 5.75 Å². The van der Waals surface area contributed by atoms with Crippen LogP contribution < -0.4 is 15.4 Å². The number of aromatic nitrogens is 2. The number of amides is 2. The first-order valence-electron chi connectivity index (χ1n) is 9.51. The topological polar surface area (TPSA) is 68.2 Å². The molecular weight excluding hydrogens is 364 g/mol. The lowest BCUT2D eigenvalue weighted by Crippen LogP contribution is -2.37. The second kappa shape index (κ2) is 8.93. The number of hydrogen-bond donors (Lipinski definition) is 2. The van der Waals surface area contributed by atoms with Crippen LogP contribution in [0.15, 0.2) is 85.2 Å². The number of hydrogen-bond acceptors (Lipinski definition) is 3. The Balaban J connectivity index is 1.26. The summed E-state index contributed by atoms with van der Waals surface area (Å²) >= 11 is 0. The molecule has 0 bridgehead atoms. The van der Waals surface area contributed by atoms with Gasteiger partial charge in [0.15, 0.2) is 0 Å². The Morgan fingerprint density at radius 3 is 2.66 bits per heavy atom. The average Bonchev–Trinajstić information content (AvgIpc) is 3.30. The molecule has 0 aliphatic heterocycles. The molecule has 0 fully saturated rings. The number of ether oxygens (including phenoxy) is 1. The van der Waals surface area contributed by atoms with Gasteiger partial charge in [-0.25, -0.2) is 9.48 Å². The van der Waals surface area contributed by atoms with Gasteiger partial charge in [0, 0.05) is 24.3 Å². The fraction of sp³-hybridized carbons (Fsp3) is 0.130. The van der Waals surface area contributed by atoms with Gasteiger partial charge in [-0.2, -0.15) is 5.10 Å². The molecule has 1 heterocycles. The van der Waals surface area contributed by atoms with Crippen LogP contribution in [0.2, 0.25) is 0 Å². The maximum absolute atomic E-state index is 12.1. The fourth-order valence-electron chi connectivity index (χ4n) is 3.18. The summed E-state index contributed by atoms with van der Waals surface area (Å²) < 4.78 is 7.63. The maximum Gasteiger partial charge on any atom is 0.315 e. The molecule has 6 nitrogen and oxygen atoms in total. The molecule has 146 valence electrons. The van der Waals surface area contributed by atoms with E-state index in [4.69, 9.17) is 4.74 Å². The summed E-state index contributed by atoms with van der Waals surface area (Å²) in [5.41, 5.74) is 1.93. The summed E-state index contributed by atoms with van der Waals surface area (Å²) in [6, 6.07) is 23.5. The van der Waals surface area contributed by atoms with Gasteiger partial charge in [-0.15, -0.1) is 0 Å². The van der Waals surface area contributed by atoms with Crippen molar-refractivity contribution in [1.82, 2.24) is 20.4 Å². The van der Waals surface area contributed by atoms with Crippen molar-refractivity contribution in [3.05, 3.63) is 90.8 Å². The molecule has 0 unspecified atom stereocenters. The summed E-state index contributed by atoms with van der Waals surface area (Å²) in [4.78, 5) is 12.1. The zero-order valence-corrected chi connectivity index (χ0v) is 15.9. The van der Waals surface area contributed by atoms with Crippen molar-refractivity contribution in [2.24, 2.45) is 0 Å². The van der Waals surface area contributed by atoms with Gasteiger partial charge < -0.3 is 15.4 Å². The third-order valence-corrected chi connectivity index (χ3v) is 4.58. The Morgan fingerprint density at radius 2 is 1.76 bits per heavy atom. The lowest BCUT2D eigenvalue weighted by molar-refractivity contribution is 0.236. The molecule has 6 heteroatoms. The van der Waals surface area contributed by atoms with E-state index in [-0.39, 0.29) is 6.03 Å². The normalized spacial score (nSPS) is 10.6. The van der Waals surface area contributed by atoms with E-state index in [2.05, 4.69) is 27.9 Å². The van der Waals surface area contributed by atoms with Gasteiger partial charge in [-0.1, -0.05) is 54.6 Å². The second-order valence-electron chi connectivity index (χ2n) is 6.51. The van der Waals surface area contributed by atoms with Crippen LogP contribution >= 0.6 is 0 Å². The van der Waals surface area contributed by atoms with Crippen molar-refractivity contribution in [2.45, 2.75) is 6.54 Å². The first-order valence-corrected chi connectivity index (χ1v) is 9.51.